The first-order chi connectivity index (χ1) is 11.4. The largest absolute Gasteiger partial charge is 0.493 e. The van der Waals surface area contributed by atoms with E-state index >= 15 is 0 Å². The molecule has 4 nitrogen and oxygen atoms in total. The average molecular weight is 334 g/mol. The van der Waals surface area contributed by atoms with Crippen molar-refractivity contribution in [2.45, 2.75) is 13.1 Å². The van der Waals surface area contributed by atoms with Crippen molar-refractivity contribution in [1.29, 1.82) is 0 Å². The van der Waals surface area contributed by atoms with Gasteiger partial charge in [0.05, 0.1) is 28.6 Å². The SMILES string of the molecule is CCOc1ccc(C(F)(F)F)cc1-c1nc2ccccc2c(=O)[nH]1. The number of ether oxygens (including phenoxy) is 1. The van der Waals surface area contributed by atoms with Crippen LogP contribution in [-0.4, -0.2) is 16.6 Å². The first-order valence-electron chi connectivity index (χ1n) is 7.23. The summed E-state index contributed by atoms with van der Waals surface area (Å²) >= 11 is 0. The van der Waals surface area contributed by atoms with Gasteiger partial charge in [0.2, 0.25) is 0 Å². The molecule has 0 aliphatic carbocycles. The van der Waals surface area contributed by atoms with E-state index in [1.807, 2.05) is 0 Å². The number of halogens is 3. The van der Waals surface area contributed by atoms with E-state index in [0.717, 1.165) is 12.1 Å². The number of para-hydroxylation sites is 1. The van der Waals surface area contributed by atoms with E-state index in [1.165, 1.54) is 6.07 Å². The monoisotopic (exact) mass is 334 g/mol. The van der Waals surface area contributed by atoms with Crippen molar-refractivity contribution in [3.8, 4) is 17.1 Å². The quantitative estimate of drug-likeness (QED) is 0.787. The van der Waals surface area contributed by atoms with Crippen LogP contribution in [0.3, 0.4) is 0 Å². The molecule has 0 fully saturated rings. The van der Waals surface area contributed by atoms with Crippen LogP contribution in [0.25, 0.3) is 22.3 Å². The van der Waals surface area contributed by atoms with Crippen LogP contribution in [0.4, 0.5) is 13.2 Å². The first-order valence-corrected chi connectivity index (χ1v) is 7.23. The second-order valence-electron chi connectivity index (χ2n) is 5.07. The zero-order valence-electron chi connectivity index (χ0n) is 12.6. The molecule has 124 valence electrons. The summed E-state index contributed by atoms with van der Waals surface area (Å²) in [6, 6.07) is 9.72. The Bertz CT molecular complexity index is 948. The van der Waals surface area contributed by atoms with Gasteiger partial charge in [0.25, 0.3) is 5.56 Å². The van der Waals surface area contributed by atoms with E-state index in [4.69, 9.17) is 4.74 Å². The van der Waals surface area contributed by atoms with Gasteiger partial charge >= 0.3 is 6.18 Å². The molecule has 3 aromatic rings. The zero-order chi connectivity index (χ0) is 17.3. The minimum absolute atomic E-state index is 0.0354. The first kappa shape index (κ1) is 16.0. The molecular weight excluding hydrogens is 321 g/mol. The maximum atomic E-state index is 13.0. The van der Waals surface area contributed by atoms with Gasteiger partial charge in [0.15, 0.2) is 0 Å². The van der Waals surface area contributed by atoms with Gasteiger partial charge in [-0.05, 0) is 37.3 Å². The molecule has 24 heavy (non-hydrogen) atoms. The predicted octanol–water partition coefficient (Wildman–Crippen LogP) is 4.01. The van der Waals surface area contributed by atoms with Gasteiger partial charge in [0.1, 0.15) is 11.6 Å². The second kappa shape index (κ2) is 5.99. The van der Waals surface area contributed by atoms with Crippen molar-refractivity contribution >= 4 is 10.9 Å². The standard InChI is InChI=1S/C17H13F3N2O2/c1-2-24-14-8-7-10(17(18,19)20)9-12(14)15-21-13-6-4-3-5-11(13)16(23)22-15/h3-9H,2H2,1H3,(H,21,22,23). The molecule has 7 heteroatoms. The molecule has 0 aliphatic rings. The van der Waals surface area contributed by atoms with Crippen LogP contribution in [0.15, 0.2) is 47.3 Å². The lowest BCUT2D eigenvalue weighted by Gasteiger charge is -2.13. The highest BCUT2D eigenvalue weighted by molar-refractivity contribution is 5.80. The maximum Gasteiger partial charge on any atom is 0.416 e. The molecule has 0 saturated carbocycles. The van der Waals surface area contributed by atoms with Gasteiger partial charge in [-0.1, -0.05) is 12.1 Å². The summed E-state index contributed by atoms with van der Waals surface area (Å²) < 4.78 is 44.4. The number of rotatable bonds is 3. The fourth-order valence-corrected chi connectivity index (χ4v) is 2.39. The van der Waals surface area contributed by atoms with Gasteiger partial charge in [-0.3, -0.25) is 4.79 Å². The topological polar surface area (TPSA) is 55.0 Å². The predicted molar refractivity (Wildman–Crippen MR) is 84.0 cm³/mol. The molecule has 2 aromatic carbocycles. The molecular formula is C17H13F3N2O2. The molecule has 0 spiro atoms. The molecule has 1 aromatic heterocycles. The number of H-pyrrole nitrogens is 1. The maximum absolute atomic E-state index is 13.0. The summed E-state index contributed by atoms with van der Waals surface area (Å²) in [6.45, 7) is 1.99. The normalized spacial score (nSPS) is 11.7. The number of alkyl halides is 3. The number of nitrogens with zero attached hydrogens (tertiary/aromatic N) is 1. The minimum atomic E-state index is -4.50. The van der Waals surface area contributed by atoms with E-state index in [0.29, 0.717) is 10.9 Å². The van der Waals surface area contributed by atoms with E-state index in [9.17, 15) is 18.0 Å². The number of fused-ring (bicyclic) bond motifs is 1. The lowest BCUT2D eigenvalue weighted by molar-refractivity contribution is -0.137. The van der Waals surface area contributed by atoms with Crippen LogP contribution >= 0.6 is 0 Å². The number of aromatic amines is 1. The highest BCUT2D eigenvalue weighted by Gasteiger charge is 2.31. The summed E-state index contributed by atoms with van der Waals surface area (Å²) in [7, 11) is 0. The summed E-state index contributed by atoms with van der Waals surface area (Å²) in [5.41, 5.74) is -0.766. The summed E-state index contributed by atoms with van der Waals surface area (Å²) in [5.74, 6) is 0.261. The Balaban J connectivity index is 2.25. The summed E-state index contributed by atoms with van der Waals surface area (Å²) in [5, 5.41) is 0.367. The van der Waals surface area contributed by atoms with Crippen LogP contribution in [0.5, 0.6) is 5.75 Å². The molecule has 0 saturated heterocycles. The Morgan fingerprint density at radius 3 is 2.62 bits per heavy atom. The van der Waals surface area contributed by atoms with Gasteiger partial charge in [-0.2, -0.15) is 13.2 Å². The third-order valence-corrected chi connectivity index (χ3v) is 3.47. The summed E-state index contributed by atoms with van der Waals surface area (Å²) in [6.07, 6.45) is -4.50. The fourth-order valence-electron chi connectivity index (χ4n) is 2.39. The molecule has 0 atom stereocenters. The van der Waals surface area contributed by atoms with Crippen LogP contribution in [0, 0.1) is 0 Å². The van der Waals surface area contributed by atoms with Crippen molar-refractivity contribution in [2.24, 2.45) is 0 Å². The highest BCUT2D eigenvalue weighted by atomic mass is 19.4. The van der Waals surface area contributed by atoms with E-state index in [2.05, 4.69) is 9.97 Å². The van der Waals surface area contributed by atoms with Gasteiger partial charge < -0.3 is 9.72 Å². The zero-order valence-corrected chi connectivity index (χ0v) is 12.6. The molecule has 1 N–H and O–H groups in total. The van der Waals surface area contributed by atoms with E-state index in [1.54, 1.807) is 31.2 Å². The Kier molecular flexibility index (Phi) is 4.01. The number of hydrogen-bond donors (Lipinski definition) is 1. The molecule has 0 radical (unpaired) electrons. The van der Waals surface area contributed by atoms with Gasteiger partial charge in [0, 0.05) is 0 Å². The Hall–Kier alpha value is -2.83. The van der Waals surface area contributed by atoms with Crippen molar-refractivity contribution in [1.82, 2.24) is 9.97 Å². The third-order valence-electron chi connectivity index (χ3n) is 3.47. The lowest BCUT2D eigenvalue weighted by atomic mass is 10.1. The number of hydrogen-bond acceptors (Lipinski definition) is 3. The Morgan fingerprint density at radius 1 is 1.17 bits per heavy atom. The van der Waals surface area contributed by atoms with Crippen LogP contribution in [-0.2, 0) is 6.18 Å². The van der Waals surface area contributed by atoms with Crippen molar-refractivity contribution < 1.29 is 17.9 Å². The van der Waals surface area contributed by atoms with E-state index < -0.39 is 17.3 Å². The molecule has 3 rings (SSSR count). The molecule has 0 bridgehead atoms. The van der Waals surface area contributed by atoms with Gasteiger partial charge in [-0.25, -0.2) is 4.98 Å². The molecule has 1 heterocycles. The minimum Gasteiger partial charge on any atom is -0.493 e. The number of aromatic nitrogens is 2. The summed E-state index contributed by atoms with van der Waals surface area (Å²) in [4.78, 5) is 19.0. The van der Waals surface area contributed by atoms with Gasteiger partial charge in [-0.15, -0.1) is 0 Å². The molecule has 0 amide bonds. The number of benzene rings is 2. The second-order valence-corrected chi connectivity index (χ2v) is 5.07. The van der Waals surface area contributed by atoms with Crippen LogP contribution < -0.4 is 10.3 Å². The highest BCUT2D eigenvalue weighted by Crippen LogP contribution is 2.36. The van der Waals surface area contributed by atoms with Crippen molar-refractivity contribution in [3.63, 3.8) is 0 Å². The Labute approximate surface area is 134 Å². The number of nitrogens with one attached hydrogen (secondary N) is 1. The Morgan fingerprint density at radius 2 is 1.92 bits per heavy atom. The molecule has 0 aliphatic heterocycles. The average Bonchev–Trinajstić information content (AvgIpc) is 2.54. The van der Waals surface area contributed by atoms with Crippen LogP contribution in [0.2, 0.25) is 0 Å². The fraction of sp³-hybridized carbons (Fsp3) is 0.176. The van der Waals surface area contributed by atoms with Crippen molar-refractivity contribution in [2.75, 3.05) is 6.61 Å². The molecule has 0 unspecified atom stereocenters. The lowest BCUT2D eigenvalue weighted by Crippen LogP contribution is -2.11. The smallest absolute Gasteiger partial charge is 0.416 e. The van der Waals surface area contributed by atoms with Crippen molar-refractivity contribution in [3.05, 3.63) is 58.4 Å². The third kappa shape index (κ3) is 2.97. The van der Waals surface area contributed by atoms with Crippen LogP contribution in [0.1, 0.15) is 12.5 Å². The van der Waals surface area contributed by atoms with E-state index in [-0.39, 0.29) is 23.7 Å².